The van der Waals surface area contributed by atoms with Crippen LogP contribution in [0.15, 0.2) is 27.1 Å². The third-order valence-corrected chi connectivity index (χ3v) is 3.28. The van der Waals surface area contributed by atoms with Gasteiger partial charge in [0.25, 0.3) is 0 Å². The maximum atomic E-state index is 12.7. The Kier molecular flexibility index (Phi) is 4.44. The molecule has 108 valence electrons. The summed E-state index contributed by atoms with van der Waals surface area (Å²) in [6.07, 6.45) is -3.25. The number of aromatic nitrogens is 2. The summed E-state index contributed by atoms with van der Waals surface area (Å²) < 4.78 is 43.9. The highest BCUT2D eigenvalue weighted by atomic mass is 79.9. The highest BCUT2D eigenvalue weighted by Crippen LogP contribution is 2.35. The van der Waals surface area contributed by atoms with Crippen LogP contribution in [0.1, 0.15) is 17.9 Å². The molecule has 1 aromatic carbocycles. The summed E-state index contributed by atoms with van der Waals surface area (Å²) >= 11 is 3.18. The Balaban J connectivity index is 2.34. The highest BCUT2D eigenvalue weighted by molar-refractivity contribution is 9.10. The summed E-state index contributed by atoms with van der Waals surface area (Å²) in [5.41, 5.74) is 4.81. The normalized spacial score (nSPS) is 11.8. The Morgan fingerprint density at radius 2 is 2.00 bits per heavy atom. The van der Waals surface area contributed by atoms with Crippen molar-refractivity contribution >= 4 is 15.9 Å². The summed E-state index contributed by atoms with van der Waals surface area (Å²) in [4.78, 5) is 0. The molecule has 0 atom stereocenters. The van der Waals surface area contributed by atoms with Gasteiger partial charge in [0.2, 0.25) is 11.8 Å². The van der Waals surface area contributed by atoms with Gasteiger partial charge in [-0.25, -0.2) is 0 Å². The lowest BCUT2D eigenvalue weighted by molar-refractivity contribution is -0.137. The van der Waals surface area contributed by atoms with Gasteiger partial charge in [0.15, 0.2) is 0 Å². The molecule has 0 spiro atoms. The fraction of sp³-hybridized carbons (Fsp3) is 0.333. The molecule has 2 rings (SSSR count). The standard InChI is InChI=1S/C12H11BrF3N3O/c13-9-4-3-7(12(14,15)16)6-8(9)11-19-18-10(20-11)2-1-5-17/h3-4,6H,1-2,5,17H2. The van der Waals surface area contributed by atoms with Crippen LogP contribution in [-0.4, -0.2) is 16.7 Å². The summed E-state index contributed by atoms with van der Waals surface area (Å²) in [5.74, 6) is 0.407. The molecule has 0 aliphatic heterocycles. The molecule has 0 bridgehead atoms. The van der Waals surface area contributed by atoms with Crippen molar-refractivity contribution in [1.82, 2.24) is 10.2 Å². The van der Waals surface area contributed by atoms with Gasteiger partial charge in [-0.2, -0.15) is 13.2 Å². The van der Waals surface area contributed by atoms with Gasteiger partial charge in [0, 0.05) is 10.9 Å². The smallest absolute Gasteiger partial charge is 0.416 e. The molecule has 0 unspecified atom stereocenters. The molecule has 20 heavy (non-hydrogen) atoms. The van der Waals surface area contributed by atoms with E-state index >= 15 is 0 Å². The first-order valence-corrected chi connectivity index (χ1v) is 6.60. The molecule has 0 aliphatic rings. The lowest BCUT2D eigenvalue weighted by Crippen LogP contribution is -2.04. The van der Waals surface area contributed by atoms with E-state index in [1.165, 1.54) is 6.07 Å². The zero-order valence-electron chi connectivity index (χ0n) is 10.2. The van der Waals surface area contributed by atoms with E-state index in [4.69, 9.17) is 10.2 Å². The van der Waals surface area contributed by atoms with E-state index < -0.39 is 11.7 Å². The number of hydrogen-bond acceptors (Lipinski definition) is 4. The fourth-order valence-electron chi connectivity index (χ4n) is 1.58. The average molecular weight is 350 g/mol. The van der Waals surface area contributed by atoms with Crippen LogP contribution in [0.25, 0.3) is 11.5 Å². The van der Waals surface area contributed by atoms with Gasteiger partial charge in [0.05, 0.1) is 11.1 Å². The van der Waals surface area contributed by atoms with Crippen molar-refractivity contribution in [2.75, 3.05) is 6.54 Å². The minimum atomic E-state index is -4.42. The Hall–Kier alpha value is -1.41. The number of hydrogen-bond donors (Lipinski definition) is 1. The van der Waals surface area contributed by atoms with Gasteiger partial charge in [0.1, 0.15) is 0 Å². The van der Waals surface area contributed by atoms with Crippen molar-refractivity contribution in [2.45, 2.75) is 19.0 Å². The first-order chi connectivity index (χ1) is 9.41. The predicted molar refractivity (Wildman–Crippen MR) is 69.8 cm³/mol. The number of nitrogens with zero attached hydrogens (tertiary/aromatic N) is 2. The third kappa shape index (κ3) is 3.37. The molecule has 8 heteroatoms. The van der Waals surface area contributed by atoms with Crippen molar-refractivity contribution in [2.24, 2.45) is 5.73 Å². The van der Waals surface area contributed by atoms with E-state index in [-0.39, 0.29) is 11.5 Å². The molecule has 0 aliphatic carbocycles. The zero-order valence-corrected chi connectivity index (χ0v) is 11.8. The number of alkyl halides is 3. The molecular weight excluding hydrogens is 339 g/mol. The van der Waals surface area contributed by atoms with E-state index in [2.05, 4.69) is 26.1 Å². The number of benzene rings is 1. The molecule has 2 aromatic rings. The quantitative estimate of drug-likeness (QED) is 0.918. The van der Waals surface area contributed by atoms with Gasteiger partial charge in [-0.3, -0.25) is 0 Å². The van der Waals surface area contributed by atoms with Crippen LogP contribution in [0.3, 0.4) is 0 Å². The molecule has 1 heterocycles. The van der Waals surface area contributed by atoms with E-state index in [0.29, 0.717) is 29.7 Å². The summed E-state index contributed by atoms with van der Waals surface area (Å²) in [6, 6.07) is 3.27. The van der Waals surface area contributed by atoms with E-state index in [0.717, 1.165) is 12.1 Å². The zero-order chi connectivity index (χ0) is 14.8. The maximum absolute atomic E-state index is 12.7. The topological polar surface area (TPSA) is 64.9 Å². The number of halogens is 4. The number of nitrogens with two attached hydrogens (primary N) is 1. The van der Waals surface area contributed by atoms with E-state index in [9.17, 15) is 13.2 Å². The minimum Gasteiger partial charge on any atom is -0.421 e. The van der Waals surface area contributed by atoms with Crippen LogP contribution in [0, 0.1) is 0 Å². The number of rotatable bonds is 4. The van der Waals surface area contributed by atoms with Gasteiger partial charge < -0.3 is 10.2 Å². The van der Waals surface area contributed by atoms with Crippen molar-refractivity contribution in [3.8, 4) is 11.5 Å². The second-order valence-corrected chi connectivity index (χ2v) is 4.94. The molecule has 0 saturated heterocycles. The molecule has 0 fully saturated rings. The van der Waals surface area contributed by atoms with Crippen molar-refractivity contribution in [3.05, 3.63) is 34.1 Å². The monoisotopic (exact) mass is 349 g/mol. The lowest BCUT2D eigenvalue weighted by Gasteiger charge is -2.08. The summed E-state index contributed by atoms with van der Waals surface area (Å²) in [7, 11) is 0. The number of aryl methyl sites for hydroxylation is 1. The third-order valence-electron chi connectivity index (χ3n) is 2.59. The molecule has 2 N–H and O–H groups in total. The first kappa shape index (κ1) is 15.0. The molecule has 0 radical (unpaired) electrons. The van der Waals surface area contributed by atoms with Crippen LogP contribution in [0.2, 0.25) is 0 Å². The maximum Gasteiger partial charge on any atom is 0.416 e. The highest BCUT2D eigenvalue weighted by Gasteiger charge is 2.31. The van der Waals surface area contributed by atoms with Crippen molar-refractivity contribution in [3.63, 3.8) is 0 Å². The minimum absolute atomic E-state index is 0.0509. The summed E-state index contributed by atoms with van der Waals surface area (Å²) in [5, 5.41) is 7.56. The first-order valence-electron chi connectivity index (χ1n) is 5.81. The Bertz CT molecular complexity index is 598. The van der Waals surface area contributed by atoms with Crippen LogP contribution in [0.5, 0.6) is 0 Å². The largest absolute Gasteiger partial charge is 0.421 e. The molecule has 1 aromatic heterocycles. The second-order valence-electron chi connectivity index (χ2n) is 4.09. The van der Waals surface area contributed by atoms with E-state index in [1.54, 1.807) is 0 Å². The summed E-state index contributed by atoms with van der Waals surface area (Å²) in [6.45, 7) is 0.477. The molecule has 0 saturated carbocycles. The van der Waals surface area contributed by atoms with Gasteiger partial charge in [-0.1, -0.05) is 0 Å². The van der Waals surface area contributed by atoms with Crippen molar-refractivity contribution in [1.29, 1.82) is 0 Å². The Morgan fingerprint density at radius 1 is 1.25 bits per heavy atom. The average Bonchev–Trinajstić information content (AvgIpc) is 2.84. The van der Waals surface area contributed by atoms with Gasteiger partial charge >= 0.3 is 6.18 Å². The van der Waals surface area contributed by atoms with Crippen LogP contribution >= 0.6 is 15.9 Å². The van der Waals surface area contributed by atoms with Gasteiger partial charge in [-0.15, -0.1) is 10.2 Å². The van der Waals surface area contributed by atoms with E-state index in [1.807, 2.05) is 0 Å². The molecule has 0 amide bonds. The Labute approximate surface area is 121 Å². The SMILES string of the molecule is NCCCc1nnc(-c2cc(C(F)(F)F)ccc2Br)o1. The predicted octanol–water partition coefficient (Wildman–Crippen LogP) is 3.41. The van der Waals surface area contributed by atoms with Gasteiger partial charge in [-0.05, 0) is 47.1 Å². The lowest BCUT2D eigenvalue weighted by atomic mass is 10.1. The fourth-order valence-corrected chi connectivity index (χ4v) is 2.00. The molecule has 4 nitrogen and oxygen atoms in total. The van der Waals surface area contributed by atoms with Crippen molar-refractivity contribution < 1.29 is 17.6 Å². The second kappa shape index (κ2) is 5.92. The van der Waals surface area contributed by atoms with Crippen LogP contribution in [-0.2, 0) is 12.6 Å². The molecular formula is C12H11BrF3N3O. The Morgan fingerprint density at radius 3 is 2.65 bits per heavy atom. The van der Waals surface area contributed by atoms with Crippen LogP contribution < -0.4 is 5.73 Å². The van der Waals surface area contributed by atoms with Crippen LogP contribution in [0.4, 0.5) is 13.2 Å².